The zero-order chi connectivity index (χ0) is 11.2. The van der Waals surface area contributed by atoms with Crippen LogP contribution in [0.4, 0.5) is 0 Å². The molecule has 0 aromatic heterocycles. The summed E-state index contributed by atoms with van der Waals surface area (Å²) in [5.41, 5.74) is 0. The van der Waals surface area contributed by atoms with Crippen LogP contribution in [0.1, 0.15) is 0 Å². The smallest absolute Gasteiger partial charge is 0.200 e. The lowest BCUT2D eigenvalue weighted by molar-refractivity contribution is 0.371. The van der Waals surface area contributed by atoms with E-state index in [9.17, 15) is 25.5 Å². The van der Waals surface area contributed by atoms with Gasteiger partial charge in [-0.25, -0.2) is 0 Å². The monoisotopic (exact) mass is 208 g/mol. The lowest BCUT2D eigenvalue weighted by Crippen LogP contribution is -1.78. The fraction of sp³-hybridized carbons (Fsp3) is 0. The minimum atomic E-state index is -0.660. The van der Waals surface area contributed by atoms with Gasteiger partial charge in [0.25, 0.3) is 0 Å². The van der Waals surface area contributed by atoms with Crippen LogP contribution < -0.4 is 0 Å². The zero-order valence-electron chi connectivity index (χ0n) is 7.47. The Morgan fingerprint density at radius 3 is 1.80 bits per heavy atom. The van der Waals surface area contributed by atoms with Crippen LogP contribution >= 0.6 is 0 Å². The van der Waals surface area contributed by atoms with Crippen molar-refractivity contribution in [2.24, 2.45) is 0 Å². The van der Waals surface area contributed by atoms with Crippen LogP contribution in [0.2, 0.25) is 0 Å². The van der Waals surface area contributed by atoms with Gasteiger partial charge in [-0.15, -0.1) is 0 Å². The summed E-state index contributed by atoms with van der Waals surface area (Å²) in [6.45, 7) is 0. The second kappa shape index (κ2) is 2.84. The number of hydrogen-bond acceptors (Lipinski definition) is 5. The van der Waals surface area contributed by atoms with E-state index in [0.29, 0.717) is 5.39 Å². The van der Waals surface area contributed by atoms with Crippen LogP contribution in [-0.2, 0) is 0 Å². The molecule has 0 radical (unpaired) electrons. The van der Waals surface area contributed by atoms with Crippen molar-refractivity contribution in [3.8, 4) is 28.7 Å². The number of fused-ring (bicyclic) bond motifs is 1. The van der Waals surface area contributed by atoms with Crippen LogP contribution in [0.3, 0.4) is 0 Å². The Morgan fingerprint density at radius 1 is 0.600 bits per heavy atom. The van der Waals surface area contributed by atoms with Crippen LogP contribution in [0.5, 0.6) is 28.7 Å². The molecule has 78 valence electrons. The Labute approximate surface area is 84.1 Å². The van der Waals surface area contributed by atoms with E-state index in [1.807, 2.05) is 0 Å². The lowest BCUT2D eigenvalue weighted by Gasteiger charge is -2.07. The van der Waals surface area contributed by atoms with Gasteiger partial charge in [-0.3, -0.25) is 0 Å². The van der Waals surface area contributed by atoms with Crippen molar-refractivity contribution in [3.05, 3.63) is 18.2 Å². The topological polar surface area (TPSA) is 101 Å². The van der Waals surface area contributed by atoms with Crippen molar-refractivity contribution in [2.45, 2.75) is 0 Å². The molecule has 0 saturated carbocycles. The summed E-state index contributed by atoms with van der Waals surface area (Å²) < 4.78 is 0. The molecule has 15 heavy (non-hydrogen) atoms. The molecule has 0 aliphatic carbocycles. The van der Waals surface area contributed by atoms with Crippen molar-refractivity contribution in [3.63, 3.8) is 0 Å². The van der Waals surface area contributed by atoms with Gasteiger partial charge < -0.3 is 25.5 Å². The molecule has 0 spiro atoms. The van der Waals surface area contributed by atoms with Crippen molar-refractivity contribution in [2.75, 3.05) is 0 Å². The third-order valence-electron chi connectivity index (χ3n) is 2.16. The molecule has 2 rings (SSSR count). The predicted octanol–water partition coefficient (Wildman–Crippen LogP) is 1.37. The van der Waals surface area contributed by atoms with Gasteiger partial charge >= 0.3 is 0 Å². The molecule has 0 aliphatic heterocycles. The lowest BCUT2D eigenvalue weighted by atomic mass is 10.1. The van der Waals surface area contributed by atoms with E-state index < -0.39 is 23.0 Å². The molecule has 2 aromatic carbocycles. The normalized spacial score (nSPS) is 10.7. The van der Waals surface area contributed by atoms with Crippen molar-refractivity contribution in [1.82, 2.24) is 0 Å². The van der Waals surface area contributed by atoms with Crippen LogP contribution in [-0.4, -0.2) is 25.5 Å². The number of rotatable bonds is 0. The van der Waals surface area contributed by atoms with E-state index in [0.717, 1.165) is 6.07 Å². The van der Waals surface area contributed by atoms with E-state index in [-0.39, 0.29) is 11.1 Å². The highest BCUT2D eigenvalue weighted by Crippen LogP contribution is 2.43. The summed E-state index contributed by atoms with van der Waals surface area (Å²) in [6.07, 6.45) is 0. The molecule has 5 nitrogen and oxygen atoms in total. The quantitative estimate of drug-likeness (QED) is 0.421. The van der Waals surface area contributed by atoms with E-state index in [4.69, 9.17) is 0 Å². The van der Waals surface area contributed by atoms with E-state index >= 15 is 0 Å². The molecular weight excluding hydrogens is 200 g/mol. The van der Waals surface area contributed by atoms with Crippen molar-refractivity contribution < 1.29 is 25.5 Å². The summed E-state index contributed by atoms with van der Waals surface area (Å²) in [5.74, 6) is -2.48. The van der Waals surface area contributed by atoms with Gasteiger partial charge in [0.2, 0.25) is 5.75 Å². The summed E-state index contributed by atoms with van der Waals surface area (Å²) in [6, 6.07) is 3.44. The Bertz CT molecular complexity index is 542. The molecule has 5 heteroatoms. The number of phenols is 5. The van der Waals surface area contributed by atoms with Gasteiger partial charge in [0.05, 0.1) is 0 Å². The van der Waals surface area contributed by atoms with Gasteiger partial charge in [-0.1, -0.05) is 0 Å². The molecule has 5 N–H and O–H groups in total. The van der Waals surface area contributed by atoms with Gasteiger partial charge in [-0.2, -0.15) is 0 Å². The molecular formula is C10H8O5. The summed E-state index contributed by atoms with van der Waals surface area (Å²) in [4.78, 5) is 0. The van der Waals surface area contributed by atoms with E-state index in [1.54, 1.807) is 0 Å². The molecule has 0 heterocycles. The van der Waals surface area contributed by atoms with E-state index in [2.05, 4.69) is 0 Å². The SMILES string of the molecule is Oc1cc2cc(O)c(O)c(O)c2cc1O. The Morgan fingerprint density at radius 2 is 1.13 bits per heavy atom. The van der Waals surface area contributed by atoms with Crippen LogP contribution in [0.25, 0.3) is 10.8 Å². The fourth-order valence-corrected chi connectivity index (χ4v) is 1.38. The highest BCUT2D eigenvalue weighted by molar-refractivity contribution is 5.94. The third-order valence-corrected chi connectivity index (χ3v) is 2.16. The van der Waals surface area contributed by atoms with E-state index in [1.165, 1.54) is 12.1 Å². The number of aromatic hydroxyl groups is 5. The molecule has 0 fully saturated rings. The Balaban J connectivity index is 2.93. The molecule has 0 atom stereocenters. The Hall–Kier alpha value is -2.30. The first-order valence-electron chi connectivity index (χ1n) is 4.10. The number of benzene rings is 2. The molecule has 0 unspecified atom stereocenters. The number of hydrogen-bond donors (Lipinski definition) is 5. The summed E-state index contributed by atoms with van der Waals surface area (Å²) in [7, 11) is 0. The summed E-state index contributed by atoms with van der Waals surface area (Å²) in [5, 5.41) is 46.7. The average Bonchev–Trinajstić information content (AvgIpc) is 2.19. The largest absolute Gasteiger partial charge is 0.504 e. The van der Waals surface area contributed by atoms with Gasteiger partial charge in [0.1, 0.15) is 0 Å². The Kier molecular flexibility index (Phi) is 1.76. The molecule has 0 aliphatic rings. The first-order chi connectivity index (χ1) is 7.00. The zero-order valence-corrected chi connectivity index (χ0v) is 7.47. The average molecular weight is 208 g/mol. The third kappa shape index (κ3) is 1.25. The van der Waals surface area contributed by atoms with Crippen molar-refractivity contribution in [1.29, 1.82) is 0 Å². The first kappa shape index (κ1) is 9.26. The molecule has 0 saturated heterocycles. The summed E-state index contributed by atoms with van der Waals surface area (Å²) >= 11 is 0. The highest BCUT2D eigenvalue weighted by atomic mass is 16.3. The fourth-order valence-electron chi connectivity index (χ4n) is 1.38. The number of phenolic OH excluding ortho intramolecular Hbond substituents is 5. The van der Waals surface area contributed by atoms with Gasteiger partial charge in [0.15, 0.2) is 23.0 Å². The minimum absolute atomic E-state index is 0.139. The second-order valence-electron chi connectivity index (χ2n) is 3.15. The molecule has 0 bridgehead atoms. The predicted molar refractivity (Wildman–Crippen MR) is 52.3 cm³/mol. The van der Waals surface area contributed by atoms with Crippen molar-refractivity contribution >= 4 is 10.8 Å². The van der Waals surface area contributed by atoms with Crippen LogP contribution in [0.15, 0.2) is 18.2 Å². The highest BCUT2D eigenvalue weighted by Gasteiger charge is 2.13. The van der Waals surface area contributed by atoms with Crippen LogP contribution in [0, 0.1) is 0 Å². The molecule has 0 amide bonds. The first-order valence-corrected chi connectivity index (χ1v) is 4.10. The second-order valence-corrected chi connectivity index (χ2v) is 3.15. The maximum atomic E-state index is 9.45. The van der Waals surface area contributed by atoms with Gasteiger partial charge in [-0.05, 0) is 23.6 Å². The maximum absolute atomic E-state index is 9.45. The standard InChI is InChI=1S/C10H8O5/c11-6-1-4-2-8(13)10(15)9(14)5(4)3-7(6)12/h1-3,11-15H. The molecule has 2 aromatic rings. The minimum Gasteiger partial charge on any atom is -0.504 e. The maximum Gasteiger partial charge on any atom is 0.200 e. The van der Waals surface area contributed by atoms with Gasteiger partial charge in [0, 0.05) is 5.39 Å².